The van der Waals surface area contributed by atoms with Crippen LogP contribution in [0.2, 0.25) is 0 Å². The summed E-state index contributed by atoms with van der Waals surface area (Å²) in [5.41, 5.74) is 0. The van der Waals surface area contributed by atoms with Gasteiger partial charge in [-0.05, 0) is 0 Å². The Labute approximate surface area is 291 Å². The van der Waals surface area contributed by atoms with Crippen molar-refractivity contribution in [2.45, 2.75) is 108 Å². The Morgan fingerprint density at radius 3 is 0.500 bits per heavy atom. The second kappa shape index (κ2) is 14.5. The topological polar surface area (TPSA) is 0 Å². The molecule has 0 bridgehead atoms. The summed E-state index contributed by atoms with van der Waals surface area (Å²) in [4.78, 5) is 0. The molecular formula is C20H8F34S2. The van der Waals surface area contributed by atoms with Crippen LogP contribution < -0.4 is 0 Å². The van der Waals surface area contributed by atoms with Crippen LogP contribution in [0.3, 0.4) is 0 Å². The number of alkyl halides is 34. The molecule has 0 aliphatic carbocycles. The lowest BCUT2D eigenvalue weighted by molar-refractivity contribution is -0.461. The highest BCUT2D eigenvalue weighted by Crippen LogP contribution is 2.66. The second-order valence-electron chi connectivity index (χ2n) is 10.4. The molecule has 0 aromatic carbocycles. The predicted molar refractivity (Wildman–Crippen MR) is 116 cm³/mol. The van der Waals surface area contributed by atoms with E-state index in [-0.39, 0.29) is 0 Å². The van der Waals surface area contributed by atoms with Crippen molar-refractivity contribution < 1.29 is 149 Å². The minimum Gasteiger partial charge on any atom is -0.200 e. The zero-order valence-electron chi connectivity index (χ0n) is 24.5. The van der Waals surface area contributed by atoms with E-state index in [1.165, 1.54) is 0 Å². The summed E-state index contributed by atoms with van der Waals surface area (Å²) in [7, 11) is -1.87. The Bertz CT molecular complexity index is 1250. The van der Waals surface area contributed by atoms with Crippen LogP contribution in [0.5, 0.6) is 0 Å². The molecule has 0 fully saturated rings. The van der Waals surface area contributed by atoms with Crippen molar-refractivity contribution in [2.75, 3.05) is 11.5 Å². The monoisotopic (exact) mass is 958 g/mol. The molecule has 0 rings (SSSR count). The molecule has 338 valence electrons. The van der Waals surface area contributed by atoms with Crippen molar-refractivity contribution in [3.63, 3.8) is 0 Å². The first kappa shape index (κ1) is 54.3. The van der Waals surface area contributed by atoms with Gasteiger partial charge in [0, 0.05) is 24.3 Å². The Balaban J connectivity index is 6.14. The molecule has 0 atom stereocenters. The van der Waals surface area contributed by atoms with Gasteiger partial charge in [0.15, 0.2) is 0 Å². The molecule has 0 aliphatic heterocycles. The van der Waals surface area contributed by atoms with Gasteiger partial charge in [0.2, 0.25) is 0 Å². The average Bonchev–Trinajstić information content (AvgIpc) is 2.96. The van der Waals surface area contributed by atoms with E-state index in [0.29, 0.717) is 0 Å². The number of rotatable bonds is 19. The van der Waals surface area contributed by atoms with Gasteiger partial charge in [0.05, 0.1) is 0 Å². The Morgan fingerprint density at radius 2 is 0.339 bits per heavy atom. The third-order valence-electron chi connectivity index (χ3n) is 6.66. The highest BCUT2D eigenvalue weighted by atomic mass is 33.1. The molecule has 0 aromatic rings. The summed E-state index contributed by atoms with van der Waals surface area (Å²) in [5.74, 6) is -123. The van der Waals surface area contributed by atoms with Gasteiger partial charge in [-0.1, -0.05) is 21.6 Å². The predicted octanol–water partition coefficient (Wildman–Crippen LogP) is 13.2. The van der Waals surface area contributed by atoms with Crippen LogP contribution in [0.25, 0.3) is 0 Å². The summed E-state index contributed by atoms with van der Waals surface area (Å²) >= 11 is 0. The van der Waals surface area contributed by atoms with Gasteiger partial charge in [-0.3, -0.25) is 0 Å². The fraction of sp³-hybridized carbons (Fsp3) is 1.00. The lowest BCUT2D eigenvalue weighted by Crippen LogP contribution is -2.74. The van der Waals surface area contributed by atoms with E-state index in [2.05, 4.69) is 0 Å². The van der Waals surface area contributed by atoms with E-state index >= 15 is 0 Å². The maximum Gasteiger partial charge on any atom is 0.460 e. The van der Waals surface area contributed by atoms with E-state index in [1.54, 1.807) is 0 Å². The van der Waals surface area contributed by atoms with Gasteiger partial charge in [-0.15, -0.1) is 0 Å². The average molecular weight is 958 g/mol. The summed E-state index contributed by atoms with van der Waals surface area (Å²) in [6.07, 6.45) is -22.7. The molecule has 36 heteroatoms. The normalized spacial score (nSPS) is 16.8. The SMILES string of the molecule is FC(F)(F)C(F)(F)C(F)(F)C(F)(F)C(F)(F)C(F)(F)C(F)(F)C(F)(F)CCSSCCC(F)(F)C(F)(F)C(F)(F)C(F)(F)C(F)(F)C(F)(F)C(F)(F)C(F)(F)F. The van der Waals surface area contributed by atoms with Crippen molar-refractivity contribution in [1.82, 2.24) is 0 Å². The molecule has 0 saturated carbocycles. The van der Waals surface area contributed by atoms with Gasteiger partial charge in [0.25, 0.3) is 0 Å². The maximum atomic E-state index is 13.8. The number of hydrogen-bond acceptors (Lipinski definition) is 2. The molecule has 0 N–H and O–H groups in total. The standard InChI is InChI=1S/C20H8F34S2/c21-5(22,7(25,26)9(29,30)11(33,34)13(37,38)15(41,42)17(45,46)19(49,50)51)1-3-55-56-4-2-6(23,24)8(27,28)10(31,32)12(35,36)14(39,40)16(43,44)18(47,48)20(52,53)54/h1-4H2. The largest absolute Gasteiger partial charge is 0.460 e. The fourth-order valence-corrected chi connectivity index (χ4v) is 5.29. The molecule has 0 amide bonds. The zero-order valence-corrected chi connectivity index (χ0v) is 26.1. The first-order chi connectivity index (χ1) is 23.7. The van der Waals surface area contributed by atoms with Crippen molar-refractivity contribution in [3.05, 3.63) is 0 Å². The quantitative estimate of drug-likeness (QED) is 0.0719. The lowest BCUT2D eigenvalue weighted by Gasteiger charge is -2.42. The van der Waals surface area contributed by atoms with E-state index in [4.69, 9.17) is 0 Å². The van der Waals surface area contributed by atoms with Crippen molar-refractivity contribution in [2.24, 2.45) is 0 Å². The summed E-state index contributed by atoms with van der Waals surface area (Å²) in [5, 5.41) is 0. The van der Waals surface area contributed by atoms with E-state index in [1.807, 2.05) is 0 Å². The van der Waals surface area contributed by atoms with Gasteiger partial charge in [-0.25, -0.2) is 0 Å². The summed E-state index contributed by atoms with van der Waals surface area (Å²) in [6, 6.07) is 0. The minimum absolute atomic E-state index is 0.937. The van der Waals surface area contributed by atoms with Crippen LogP contribution in [0.1, 0.15) is 12.8 Å². The van der Waals surface area contributed by atoms with E-state index in [9.17, 15) is 149 Å². The maximum absolute atomic E-state index is 13.8. The van der Waals surface area contributed by atoms with Gasteiger partial charge in [-0.2, -0.15) is 149 Å². The van der Waals surface area contributed by atoms with Gasteiger partial charge < -0.3 is 0 Å². The second-order valence-corrected chi connectivity index (χ2v) is 13.1. The Hall–Kier alpha value is -1.68. The smallest absolute Gasteiger partial charge is 0.200 e. The van der Waals surface area contributed by atoms with E-state index in [0.717, 1.165) is 0 Å². The molecule has 0 aliphatic rings. The molecule has 0 heterocycles. The highest BCUT2D eigenvalue weighted by Gasteiger charge is 2.96. The third-order valence-corrected chi connectivity index (χ3v) is 9.06. The number of halogens is 34. The third kappa shape index (κ3) is 7.53. The molecule has 56 heavy (non-hydrogen) atoms. The Kier molecular flexibility index (Phi) is 14.1. The van der Waals surface area contributed by atoms with Crippen LogP contribution in [0.15, 0.2) is 0 Å². The van der Waals surface area contributed by atoms with Crippen LogP contribution in [0, 0.1) is 0 Å². The molecular weight excluding hydrogens is 950 g/mol. The van der Waals surface area contributed by atoms with Crippen molar-refractivity contribution in [1.29, 1.82) is 0 Å². The van der Waals surface area contributed by atoms with Crippen LogP contribution in [-0.4, -0.2) is 107 Å². The molecule has 0 saturated heterocycles. The van der Waals surface area contributed by atoms with Gasteiger partial charge >= 0.3 is 95.3 Å². The highest BCUT2D eigenvalue weighted by molar-refractivity contribution is 8.76. The first-order valence-corrected chi connectivity index (χ1v) is 14.9. The zero-order chi connectivity index (χ0) is 46.2. The molecule has 0 unspecified atom stereocenters. The molecule has 0 aromatic heterocycles. The number of hydrogen-bond donors (Lipinski definition) is 0. The molecule has 0 radical (unpaired) electrons. The van der Waals surface area contributed by atoms with Gasteiger partial charge in [0.1, 0.15) is 0 Å². The van der Waals surface area contributed by atoms with E-state index < -0.39 is 141 Å². The van der Waals surface area contributed by atoms with Crippen LogP contribution in [0.4, 0.5) is 149 Å². The minimum atomic E-state index is -9.01. The first-order valence-electron chi connectivity index (χ1n) is 12.4. The van der Waals surface area contributed by atoms with Crippen LogP contribution >= 0.6 is 21.6 Å². The Morgan fingerprint density at radius 1 is 0.196 bits per heavy atom. The summed E-state index contributed by atoms with van der Waals surface area (Å²) < 4.78 is 450. The lowest BCUT2D eigenvalue weighted by atomic mass is 9.88. The van der Waals surface area contributed by atoms with Crippen molar-refractivity contribution >= 4 is 21.6 Å². The molecule has 0 spiro atoms. The summed E-state index contributed by atoms with van der Waals surface area (Å²) in [6.45, 7) is 0. The van der Waals surface area contributed by atoms with Crippen molar-refractivity contribution in [3.8, 4) is 0 Å². The molecule has 0 nitrogen and oxygen atoms in total. The van der Waals surface area contributed by atoms with Crippen LogP contribution in [-0.2, 0) is 0 Å². The fourth-order valence-electron chi connectivity index (χ4n) is 3.16.